The number of alkyl halides is 3. The second-order valence-electron chi connectivity index (χ2n) is 0.766. The van der Waals surface area contributed by atoms with E-state index in [4.69, 9.17) is 49.8 Å². The predicted molar refractivity (Wildman–Crippen MR) is 42.8 cm³/mol. The quantitative estimate of drug-likeness (QED) is 0.600. The van der Waals surface area contributed by atoms with Crippen molar-refractivity contribution in [2.45, 2.75) is 11.2 Å². The molecule has 0 atom stereocenters. The topological polar surface area (TPSA) is 57.5 Å². The Morgan fingerprint density at radius 1 is 1.30 bits per heavy atom. The fraction of sp³-hybridized carbons (Fsp3) is 0.750. The van der Waals surface area contributed by atoms with Crippen molar-refractivity contribution in [3.05, 3.63) is 0 Å². The van der Waals surface area contributed by atoms with Crippen LogP contribution < -0.4 is 0 Å². The van der Waals surface area contributed by atoms with E-state index < -0.39 is 10.3 Å². The van der Waals surface area contributed by atoms with Gasteiger partial charge < -0.3 is 10.2 Å². The zero-order valence-corrected chi connectivity index (χ0v) is 7.78. The van der Waals surface area contributed by atoms with Crippen LogP contribution in [0, 0.1) is 0 Å². The minimum atomic E-state index is -0.833. The Kier molecular flexibility index (Phi) is 27.0. The number of halogens is 3. The maximum Gasteiger partial charge on any atom is 0.300 e. The fourth-order valence-electron chi connectivity index (χ4n) is 0. The number of aliphatic hydroxyl groups is 1. The molecule has 0 aromatic carbocycles. The lowest BCUT2D eigenvalue weighted by Crippen LogP contribution is -1.78. The van der Waals surface area contributed by atoms with Gasteiger partial charge >= 0.3 is 0 Å². The summed E-state index contributed by atoms with van der Waals surface area (Å²) in [5, 5.41) is 14.4. The van der Waals surface area contributed by atoms with Crippen LogP contribution in [0.5, 0.6) is 0 Å². The van der Waals surface area contributed by atoms with Crippen molar-refractivity contribution in [1.29, 1.82) is 0 Å². The molecule has 0 saturated heterocycles. The van der Waals surface area contributed by atoms with Crippen LogP contribution in [-0.2, 0) is 4.79 Å². The lowest BCUT2D eigenvalue weighted by atomic mass is 10.9. The molecule has 0 radical (unpaired) electrons. The first-order chi connectivity index (χ1) is 4.46. The molecule has 3 nitrogen and oxygen atoms in total. The number of carboxylic acids is 1. The van der Waals surface area contributed by atoms with Crippen molar-refractivity contribution in [2.24, 2.45) is 0 Å². The lowest BCUT2D eigenvalue weighted by molar-refractivity contribution is -0.134. The Balaban J connectivity index is -0.0000000787. The predicted octanol–water partition coefficient (Wildman–Crippen LogP) is 1.69. The largest absolute Gasteiger partial charge is 0.481 e. The molecule has 0 amide bonds. The maximum absolute atomic E-state index is 9.00. The third-order valence-corrected chi connectivity index (χ3v) is 0. The molecule has 64 valence electrons. The van der Waals surface area contributed by atoms with E-state index in [1.807, 2.05) is 0 Å². The van der Waals surface area contributed by atoms with Crippen molar-refractivity contribution in [3.8, 4) is 0 Å². The van der Waals surface area contributed by atoms with E-state index in [9.17, 15) is 0 Å². The standard InChI is InChI=1S/C2H4O2.CHCl3.CH4O/c1-2(3)4;2-1(3)4;1-2/h1H3,(H,3,4);1H;2H,1H3. The van der Waals surface area contributed by atoms with E-state index in [0.717, 1.165) is 14.0 Å². The zero-order chi connectivity index (χ0) is 9.15. The molecule has 2 N–H and O–H groups in total. The molecule has 0 rings (SSSR count). The molecule has 0 unspecified atom stereocenters. The number of aliphatic carboxylic acids is 1. The van der Waals surface area contributed by atoms with Gasteiger partial charge in [0.05, 0.1) is 0 Å². The van der Waals surface area contributed by atoms with Crippen molar-refractivity contribution in [1.82, 2.24) is 0 Å². The Morgan fingerprint density at radius 2 is 1.30 bits per heavy atom. The summed E-state index contributed by atoms with van der Waals surface area (Å²) in [6, 6.07) is 0. The summed E-state index contributed by atoms with van der Waals surface area (Å²) >= 11 is 14.4. The molecule has 0 aromatic rings. The highest BCUT2D eigenvalue weighted by atomic mass is 35.6. The molecule has 0 spiro atoms. The summed E-state index contributed by atoms with van der Waals surface area (Å²) < 4.78 is -0.750. The van der Waals surface area contributed by atoms with Crippen LogP contribution in [-0.4, -0.2) is 27.6 Å². The summed E-state index contributed by atoms with van der Waals surface area (Å²) in [5.74, 6) is -0.833. The molecule has 0 bridgehead atoms. The fourth-order valence-corrected chi connectivity index (χ4v) is 0. The van der Waals surface area contributed by atoms with Gasteiger partial charge in [-0.1, -0.05) is 34.8 Å². The molecule has 0 aliphatic heterocycles. The number of carboxylic acid groups (broad SMARTS) is 1. The van der Waals surface area contributed by atoms with Gasteiger partial charge in [-0.3, -0.25) is 4.79 Å². The van der Waals surface area contributed by atoms with Crippen LogP contribution in [0.15, 0.2) is 0 Å². The lowest BCUT2D eigenvalue weighted by Gasteiger charge is -1.69. The molecule has 0 saturated carbocycles. The van der Waals surface area contributed by atoms with Crippen LogP contribution in [0.25, 0.3) is 0 Å². The minimum Gasteiger partial charge on any atom is -0.481 e. The van der Waals surface area contributed by atoms with E-state index >= 15 is 0 Å². The van der Waals surface area contributed by atoms with Crippen molar-refractivity contribution in [2.75, 3.05) is 7.11 Å². The molecule has 0 aliphatic rings. The van der Waals surface area contributed by atoms with E-state index in [1.54, 1.807) is 0 Å². The average molecular weight is 211 g/mol. The second kappa shape index (κ2) is 16.1. The van der Waals surface area contributed by atoms with Gasteiger partial charge in [-0.05, 0) is 0 Å². The zero-order valence-electron chi connectivity index (χ0n) is 5.51. The third-order valence-electron chi connectivity index (χ3n) is 0. The van der Waals surface area contributed by atoms with Gasteiger partial charge in [-0.25, -0.2) is 0 Å². The van der Waals surface area contributed by atoms with E-state index in [2.05, 4.69) is 0 Å². The second-order valence-corrected chi connectivity index (χ2v) is 2.75. The van der Waals surface area contributed by atoms with Gasteiger partial charge in [0.2, 0.25) is 0 Å². The Bertz CT molecular complexity index is 60.0. The van der Waals surface area contributed by atoms with Crippen molar-refractivity contribution >= 4 is 40.8 Å². The summed E-state index contributed by atoms with van der Waals surface area (Å²) in [6.07, 6.45) is 0. The summed E-state index contributed by atoms with van der Waals surface area (Å²) in [5.41, 5.74) is 0. The smallest absolute Gasteiger partial charge is 0.300 e. The monoisotopic (exact) mass is 210 g/mol. The molecular weight excluding hydrogens is 202 g/mol. The number of hydrogen-bond acceptors (Lipinski definition) is 2. The first-order valence-electron chi connectivity index (χ1n) is 2.03. The Labute approximate surface area is 74.5 Å². The van der Waals surface area contributed by atoms with Crippen LogP contribution in [0.3, 0.4) is 0 Å². The molecule has 6 heteroatoms. The summed E-state index contributed by atoms with van der Waals surface area (Å²) in [7, 11) is 1.00. The highest BCUT2D eigenvalue weighted by molar-refractivity contribution is 6.63. The van der Waals surface area contributed by atoms with Gasteiger partial charge in [-0.15, -0.1) is 0 Å². The Morgan fingerprint density at radius 3 is 1.30 bits per heavy atom. The SMILES string of the molecule is CC(=O)O.CO.ClC(Cl)Cl. The Hall–Kier alpha value is 0.300. The van der Waals surface area contributed by atoms with Gasteiger partial charge in [-0.2, -0.15) is 0 Å². The highest BCUT2D eigenvalue weighted by Gasteiger charge is 1.78. The van der Waals surface area contributed by atoms with Gasteiger partial charge in [0.15, 0.2) is 4.30 Å². The van der Waals surface area contributed by atoms with Gasteiger partial charge in [0, 0.05) is 14.0 Å². The molecule has 0 fully saturated rings. The summed E-state index contributed by atoms with van der Waals surface area (Å²) in [6.45, 7) is 1.08. The van der Waals surface area contributed by atoms with Crippen LogP contribution in [0.4, 0.5) is 0 Å². The molecule has 0 heterocycles. The van der Waals surface area contributed by atoms with Crippen LogP contribution in [0.1, 0.15) is 6.92 Å². The van der Waals surface area contributed by atoms with Crippen LogP contribution in [0.2, 0.25) is 0 Å². The minimum absolute atomic E-state index is 0.750. The van der Waals surface area contributed by atoms with Gasteiger partial charge in [0.25, 0.3) is 5.97 Å². The first kappa shape index (κ1) is 16.7. The molecule has 0 aromatic heterocycles. The average Bonchev–Trinajstić information content (AvgIpc) is 1.66. The maximum atomic E-state index is 9.00. The highest BCUT2D eigenvalue weighted by Crippen LogP contribution is 2.03. The normalized spacial score (nSPS) is 6.70. The first-order valence-corrected chi connectivity index (χ1v) is 3.34. The number of aliphatic hydroxyl groups excluding tert-OH is 1. The third kappa shape index (κ3) is 4910. The van der Waals surface area contributed by atoms with Crippen molar-refractivity contribution < 1.29 is 15.0 Å². The molecule has 10 heavy (non-hydrogen) atoms. The number of rotatable bonds is 0. The van der Waals surface area contributed by atoms with E-state index in [0.29, 0.717) is 0 Å². The summed E-state index contributed by atoms with van der Waals surface area (Å²) in [4.78, 5) is 9.00. The van der Waals surface area contributed by atoms with E-state index in [1.165, 1.54) is 0 Å². The molecular formula is C4H9Cl3O3. The number of carbonyl (C=O) groups is 1. The molecule has 0 aliphatic carbocycles. The number of hydrogen-bond donors (Lipinski definition) is 2. The van der Waals surface area contributed by atoms with Gasteiger partial charge in [0.1, 0.15) is 0 Å². The van der Waals surface area contributed by atoms with Crippen LogP contribution >= 0.6 is 34.8 Å². The van der Waals surface area contributed by atoms with Crippen molar-refractivity contribution in [3.63, 3.8) is 0 Å². The van der Waals surface area contributed by atoms with E-state index in [-0.39, 0.29) is 0 Å².